The highest BCUT2D eigenvalue weighted by Gasteiger charge is 2.19. The van der Waals surface area contributed by atoms with Gasteiger partial charge < -0.3 is 10.6 Å². The molecule has 1 aromatic rings. The van der Waals surface area contributed by atoms with Crippen LogP contribution in [0, 0.1) is 0 Å². The van der Waals surface area contributed by atoms with Crippen LogP contribution in [0.25, 0.3) is 0 Å². The van der Waals surface area contributed by atoms with Crippen LogP contribution in [-0.4, -0.2) is 21.5 Å². The molecule has 6 heteroatoms. The summed E-state index contributed by atoms with van der Waals surface area (Å²) in [5.74, 6) is 0. The van der Waals surface area contributed by atoms with Gasteiger partial charge in [0, 0.05) is 18.8 Å². The highest BCUT2D eigenvalue weighted by Crippen LogP contribution is 2.27. The molecule has 0 aromatic heterocycles. The number of benzene rings is 1. The molecule has 0 aliphatic carbocycles. The van der Waals surface area contributed by atoms with Gasteiger partial charge in [0.15, 0.2) is 0 Å². The van der Waals surface area contributed by atoms with E-state index in [1.165, 1.54) is 6.07 Å². The first-order valence-electron chi connectivity index (χ1n) is 5.42. The van der Waals surface area contributed by atoms with E-state index in [1.54, 1.807) is 12.1 Å². The second-order valence-electron chi connectivity index (χ2n) is 4.14. The highest BCUT2D eigenvalue weighted by atomic mass is 32.2. The number of hydrogen-bond donors (Lipinski definition) is 2. The average molecular weight is 257 g/mol. The lowest BCUT2D eigenvalue weighted by molar-refractivity contribution is 0.596. The molecule has 1 rings (SSSR count). The van der Waals surface area contributed by atoms with Gasteiger partial charge in [-0.25, -0.2) is 13.6 Å². The molecule has 0 spiro atoms. The van der Waals surface area contributed by atoms with E-state index < -0.39 is 10.0 Å². The average Bonchev–Trinajstić information content (AvgIpc) is 2.25. The van der Waals surface area contributed by atoms with Gasteiger partial charge in [0.25, 0.3) is 0 Å². The maximum absolute atomic E-state index is 11.5. The summed E-state index contributed by atoms with van der Waals surface area (Å²) in [6.07, 6.45) is 0.908. The lowest BCUT2D eigenvalue weighted by Gasteiger charge is -2.27. The van der Waals surface area contributed by atoms with Crippen molar-refractivity contribution >= 4 is 21.4 Å². The van der Waals surface area contributed by atoms with E-state index in [2.05, 4.69) is 0 Å². The van der Waals surface area contributed by atoms with Crippen molar-refractivity contribution in [2.75, 3.05) is 17.7 Å². The zero-order valence-corrected chi connectivity index (χ0v) is 11.2. The number of sulfonamides is 1. The Morgan fingerprint density at radius 2 is 2.00 bits per heavy atom. The number of hydrogen-bond acceptors (Lipinski definition) is 4. The molecule has 0 amide bonds. The smallest absolute Gasteiger partial charge is 0.240 e. The Balaban J connectivity index is 3.34. The maximum atomic E-state index is 11.5. The minimum absolute atomic E-state index is 0.0697. The minimum Gasteiger partial charge on any atom is -0.399 e. The molecule has 96 valence electrons. The van der Waals surface area contributed by atoms with E-state index in [1.807, 2.05) is 25.8 Å². The zero-order chi connectivity index (χ0) is 13.2. The van der Waals surface area contributed by atoms with Gasteiger partial charge in [0.05, 0.1) is 5.69 Å². The van der Waals surface area contributed by atoms with Crippen molar-refractivity contribution in [3.8, 4) is 0 Å². The fourth-order valence-electron chi connectivity index (χ4n) is 1.56. The lowest BCUT2D eigenvalue weighted by Crippen LogP contribution is -2.30. The molecule has 0 aliphatic rings. The Morgan fingerprint density at radius 3 is 2.47 bits per heavy atom. The van der Waals surface area contributed by atoms with Crippen LogP contribution in [-0.2, 0) is 10.0 Å². The van der Waals surface area contributed by atoms with E-state index in [0.29, 0.717) is 11.4 Å². The maximum Gasteiger partial charge on any atom is 0.240 e. The van der Waals surface area contributed by atoms with Crippen LogP contribution < -0.4 is 15.8 Å². The summed E-state index contributed by atoms with van der Waals surface area (Å²) < 4.78 is 23.0. The molecule has 0 saturated carbocycles. The summed E-state index contributed by atoms with van der Waals surface area (Å²) in [5.41, 5.74) is 6.56. The minimum atomic E-state index is -3.76. The molecular weight excluding hydrogens is 238 g/mol. The van der Waals surface area contributed by atoms with Crippen molar-refractivity contribution in [1.29, 1.82) is 0 Å². The van der Waals surface area contributed by atoms with E-state index in [4.69, 9.17) is 10.9 Å². The third-order valence-electron chi connectivity index (χ3n) is 2.92. The normalized spacial score (nSPS) is 13.4. The molecule has 0 saturated heterocycles. The third kappa shape index (κ3) is 3.10. The number of rotatable bonds is 4. The fourth-order valence-corrected chi connectivity index (χ4v) is 2.37. The number of nitrogen functional groups attached to an aromatic ring is 1. The Labute approximate surface area is 102 Å². The number of nitrogens with zero attached hydrogens (tertiary/aromatic N) is 1. The molecule has 0 fully saturated rings. The van der Waals surface area contributed by atoms with Crippen LogP contribution in [0.5, 0.6) is 0 Å². The summed E-state index contributed by atoms with van der Waals surface area (Å²) in [6.45, 7) is 4.05. The fraction of sp³-hybridized carbons (Fsp3) is 0.455. The number of anilines is 2. The molecule has 0 bridgehead atoms. The van der Waals surface area contributed by atoms with Crippen LogP contribution in [0.1, 0.15) is 20.3 Å². The van der Waals surface area contributed by atoms with Gasteiger partial charge in [0.1, 0.15) is 4.90 Å². The molecule has 4 N–H and O–H groups in total. The van der Waals surface area contributed by atoms with E-state index in [0.717, 1.165) is 6.42 Å². The van der Waals surface area contributed by atoms with Gasteiger partial charge in [-0.15, -0.1) is 0 Å². The van der Waals surface area contributed by atoms with Crippen LogP contribution in [0.15, 0.2) is 23.1 Å². The molecule has 1 atom stereocenters. The Morgan fingerprint density at radius 1 is 1.41 bits per heavy atom. The zero-order valence-electron chi connectivity index (χ0n) is 10.3. The molecule has 0 heterocycles. The van der Waals surface area contributed by atoms with Crippen LogP contribution in [0.2, 0.25) is 0 Å². The second-order valence-corrected chi connectivity index (χ2v) is 5.67. The molecule has 1 unspecified atom stereocenters. The van der Waals surface area contributed by atoms with Crippen molar-refractivity contribution in [1.82, 2.24) is 0 Å². The van der Waals surface area contributed by atoms with Crippen LogP contribution in [0.4, 0.5) is 11.4 Å². The summed E-state index contributed by atoms with van der Waals surface area (Å²) in [7, 11) is -1.92. The van der Waals surface area contributed by atoms with Crippen LogP contribution in [0.3, 0.4) is 0 Å². The number of primary sulfonamides is 1. The second kappa shape index (κ2) is 4.93. The van der Waals surface area contributed by atoms with E-state index >= 15 is 0 Å². The quantitative estimate of drug-likeness (QED) is 0.792. The van der Waals surface area contributed by atoms with Crippen LogP contribution >= 0.6 is 0 Å². The first kappa shape index (κ1) is 13.8. The van der Waals surface area contributed by atoms with E-state index in [-0.39, 0.29) is 10.9 Å². The molecule has 0 aliphatic heterocycles. The van der Waals surface area contributed by atoms with Gasteiger partial charge >= 0.3 is 0 Å². The summed E-state index contributed by atoms with van der Waals surface area (Å²) in [6, 6.07) is 4.97. The predicted molar refractivity (Wildman–Crippen MR) is 70.4 cm³/mol. The summed E-state index contributed by atoms with van der Waals surface area (Å²) >= 11 is 0. The van der Waals surface area contributed by atoms with Gasteiger partial charge in [-0.05, 0) is 31.5 Å². The summed E-state index contributed by atoms with van der Waals surface area (Å²) in [4.78, 5) is 1.96. The Kier molecular flexibility index (Phi) is 4.00. The topological polar surface area (TPSA) is 89.4 Å². The largest absolute Gasteiger partial charge is 0.399 e. The summed E-state index contributed by atoms with van der Waals surface area (Å²) in [5, 5.41) is 5.20. The first-order chi connectivity index (χ1) is 7.77. The van der Waals surface area contributed by atoms with Crippen molar-refractivity contribution in [2.24, 2.45) is 5.14 Å². The standard InChI is InChI=1S/C11H19N3O2S/c1-4-8(2)14(3)10-6-5-9(12)7-11(10)17(13,15)16/h5-8H,4,12H2,1-3H3,(H2,13,15,16). The van der Waals surface area contributed by atoms with Crippen molar-refractivity contribution < 1.29 is 8.42 Å². The first-order valence-corrected chi connectivity index (χ1v) is 6.97. The molecule has 1 aromatic carbocycles. The van der Waals surface area contributed by atoms with Gasteiger partial charge in [-0.1, -0.05) is 6.92 Å². The third-order valence-corrected chi connectivity index (χ3v) is 3.86. The lowest BCUT2D eigenvalue weighted by atomic mass is 10.2. The molecule has 5 nitrogen and oxygen atoms in total. The number of nitrogens with two attached hydrogens (primary N) is 2. The van der Waals surface area contributed by atoms with Crippen molar-refractivity contribution in [3.63, 3.8) is 0 Å². The molecule has 0 radical (unpaired) electrons. The highest BCUT2D eigenvalue weighted by molar-refractivity contribution is 7.89. The molecular formula is C11H19N3O2S. The van der Waals surface area contributed by atoms with Gasteiger partial charge in [-0.2, -0.15) is 0 Å². The van der Waals surface area contributed by atoms with Crippen molar-refractivity contribution in [3.05, 3.63) is 18.2 Å². The Bertz CT molecular complexity index is 499. The van der Waals surface area contributed by atoms with E-state index in [9.17, 15) is 8.42 Å². The molecule has 17 heavy (non-hydrogen) atoms. The Hall–Kier alpha value is -1.27. The van der Waals surface area contributed by atoms with Gasteiger partial charge in [0.2, 0.25) is 10.0 Å². The SMILES string of the molecule is CCC(C)N(C)c1ccc(N)cc1S(N)(=O)=O. The van der Waals surface area contributed by atoms with Crippen molar-refractivity contribution in [2.45, 2.75) is 31.2 Å². The van der Waals surface area contributed by atoms with Gasteiger partial charge in [-0.3, -0.25) is 0 Å². The predicted octanol–water partition coefficient (Wildman–Crippen LogP) is 1.15. The monoisotopic (exact) mass is 257 g/mol.